The fraction of sp³-hybridized carbons (Fsp3) is 0.417. The van der Waals surface area contributed by atoms with Gasteiger partial charge in [-0.15, -0.1) is 13.2 Å². The summed E-state index contributed by atoms with van der Waals surface area (Å²) < 4.78 is 5.36. The lowest BCUT2D eigenvalue weighted by Gasteiger charge is -2.23. The molecule has 4 N–H and O–H groups in total. The molecule has 1 rings (SSSR count). The molecule has 3 atom stereocenters. The summed E-state index contributed by atoms with van der Waals surface area (Å²) in [6, 6.07) is 0. The van der Waals surface area contributed by atoms with Crippen molar-refractivity contribution in [2.45, 2.75) is 38.7 Å². The van der Waals surface area contributed by atoms with Crippen LogP contribution in [-0.4, -0.2) is 25.2 Å². The summed E-state index contributed by atoms with van der Waals surface area (Å²) in [7, 11) is 3.60. The summed E-state index contributed by atoms with van der Waals surface area (Å²) >= 11 is 0. The van der Waals surface area contributed by atoms with Crippen LogP contribution in [0.1, 0.15) is 32.6 Å². The fourth-order valence-corrected chi connectivity index (χ4v) is 3.12. The molecule has 0 aromatic heterocycles. The molecule has 0 aromatic rings. The number of hydrogen-bond donors (Lipinski definition) is 2. The van der Waals surface area contributed by atoms with Gasteiger partial charge in [-0.05, 0) is 50.2 Å². The molecule has 28 heavy (non-hydrogen) atoms. The minimum absolute atomic E-state index is 0.0161. The van der Waals surface area contributed by atoms with Crippen molar-refractivity contribution in [1.29, 1.82) is 0 Å². The van der Waals surface area contributed by atoms with Gasteiger partial charge in [-0.25, -0.2) is 0 Å². The summed E-state index contributed by atoms with van der Waals surface area (Å²) in [6.45, 7) is 9.53. The van der Waals surface area contributed by atoms with Crippen molar-refractivity contribution in [3.8, 4) is 0 Å². The highest BCUT2D eigenvalue weighted by Crippen LogP contribution is 2.28. The first-order valence-electron chi connectivity index (χ1n) is 9.87. The van der Waals surface area contributed by atoms with Crippen LogP contribution < -0.4 is 11.5 Å². The van der Waals surface area contributed by atoms with Crippen molar-refractivity contribution < 1.29 is 4.74 Å². The zero-order chi connectivity index (χ0) is 20.9. The average molecular weight is 384 g/mol. The molecule has 0 aromatic carbocycles. The second kappa shape index (κ2) is 12.8. The van der Waals surface area contributed by atoms with Gasteiger partial charge in [0.05, 0.1) is 11.9 Å². The molecule has 0 amide bonds. The van der Waals surface area contributed by atoms with Gasteiger partial charge in [-0.2, -0.15) is 0 Å². The lowest BCUT2D eigenvalue weighted by atomic mass is 9.86. The minimum Gasteiger partial charge on any atom is -0.400 e. The topological polar surface area (TPSA) is 64.5 Å². The highest BCUT2D eigenvalue weighted by molar-refractivity contribution is 5.26. The third-order valence-electron chi connectivity index (χ3n) is 4.98. The van der Waals surface area contributed by atoms with E-state index >= 15 is 0 Å². The van der Waals surface area contributed by atoms with E-state index < -0.39 is 0 Å². The van der Waals surface area contributed by atoms with Crippen molar-refractivity contribution in [2.24, 2.45) is 23.3 Å². The van der Waals surface area contributed by atoms with Gasteiger partial charge in [-0.1, -0.05) is 42.5 Å². The Kier molecular flexibility index (Phi) is 10.8. The van der Waals surface area contributed by atoms with E-state index in [-0.39, 0.29) is 12.0 Å². The number of rotatable bonds is 12. The zero-order valence-corrected chi connectivity index (χ0v) is 17.7. The molecule has 1 aliphatic rings. The number of methoxy groups -OCH3 is 1. The summed E-state index contributed by atoms with van der Waals surface area (Å²) in [4.78, 5) is 1.86. The molecule has 154 valence electrons. The molecule has 0 fully saturated rings. The van der Waals surface area contributed by atoms with E-state index in [0.717, 1.165) is 31.4 Å². The minimum atomic E-state index is 0.0161. The van der Waals surface area contributed by atoms with Crippen molar-refractivity contribution in [1.82, 2.24) is 4.90 Å². The normalized spacial score (nSPS) is 20.0. The number of ether oxygens (including phenoxy) is 1. The molecular weight excluding hydrogens is 346 g/mol. The third-order valence-corrected chi connectivity index (χ3v) is 4.98. The van der Waals surface area contributed by atoms with Crippen LogP contribution in [0.4, 0.5) is 0 Å². The maximum atomic E-state index is 6.47. The van der Waals surface area contributed by atoms with Gasteiger partial charge in [0.25, 0.3) is 0 Å². The Bertz CT molecular complexity index is 655. The molecular formula is C24H37N3O. The van der Waals surface area contributed by atoms with E-state index in [1.54, 1.807) is 7.11 Å². The Balaban J connectivity index is 2.90. The highest BCUT2D eigenvalue weighted by atomic mass is 16.5. The molecule has 4 nitrogen and oxygen atoms in total. The Morgan fingerprint density at radius 3 is 2.68 bits per heavy atom. The van der Waals surface area contributed by atoms with Crippen LogP contribution in [0.2, 0.25) is 0 Å². The van der Waals surface area contributed by atoms with Crippen molar-refractivity contribution in [2.75, 3.05) is 14.2 Å². The molecule has 0 spiro atoms. The van der Waals surface area contributed by atoms with Gasteiger partial charge in [0.2, 0.25) is 0 Å². The Morgan fingerprint density at radius 2 is 2.14 bits per heavy atom. The van der Waals surface area contributed by atoms with Crippen LogP contribution in [0.25, 0.3) is 0 Å². The van der Waals surface area contributed by atoms with E-state index in [4.69, 9.17) is 16.2 Å². The number of hydrogen-bond acceptors (Lipinski definition) is 4. The van der Waals surface area contributed by atoms with E-state index in [1.165, 1.54) is 5.57 Å². The molecule has 0 radical (unpaired) electrons. The largest absolute Gasteiger partial charge is 0.400 e. The quantitative estimate of drug-likeness (QED) is 0.476. The van der Waals surface area contributed by atoms with Crippen molar-refractivity contribution in [3.05, 3.63) is 85.1 Å². The highest BCUT2D eigenvalue weighted by Gasteiger charge is 2.17. The van der Waals surface area contributed by atoms with Gasteiger partial charge in [-0.3, -0.25) is 0 Å². The first kappa shape index (κ1) is 23.6. The fourth-order valence-electron chi connectivity index (χ4n) is 3.12. The number of nitrogens with two attached hydrogens (primary N) is 2. The summed E-state index contributed by atoms with van der Waals surface area (Å²) in [6.07, 6.45) is 22.3. The maximum Gasteiger partial charge on any atom is 0.0980 e. The smallest absolute Gasteiger partial charge is 0.0980 e. The molecule has 0 bridgehead atoms. The van der Waals surface area contributed by atoms with E-state index in [2.05, 4.69) is 43.5 Å². The molecule has 0 saturated carbocycles. The van der Waals surface area contributed by atoms with E-state index in [0.29, 0.717) is 11.7 Å². The predicted molar refractivity (Wildman–Crippen MR) is 121 cm³/mol. The number of nitrogens with zero attached hydrogens (tertiary/aromatic N) is 1. The number of allylic oxidation sites excluding steroid dienone is 7. The second-order valence-electron chi connectivity index (χ2n) is 7.10. The molecule has 4 heteroatoms. The summed E-state index contributed by atoms with van der Waals surface area (Å²) in [5.41, 5.74) is 14.6. The van der Waals surface area contributed by atoms with Crippen LogP contribution >= 0.6 is 0 Å². The lowest BCUT2D eigenvalue weighted by Crippen LogP contribution is -2.22. The summed E-state index contributed by atoms with van der Waals surface area (Å²) in [5, 5.41) is 0. The molecule has 0 heterocycles. The summed E-state index contributed by atoms with van der Waals surface area (Å²) in [5.74, 6) is 1.25. The van der Waals surface area contributed by atoms with Crippen molar-refractivity contribution >= 4 is 0 Å². The first-order valence-corrected chi connectivity index (χ1v) is 9.87. The van der Waals surface area contributed by atoms with Gasteiger partial charge in [0.15, 0.2) is 0 Å². The average Bonchev–Trinajstić information content (AvgIpc) is 2.71. The van der Waals surface area contributed by atoms with Gasteiger partial charge in [0, 0.05) is 32.0 Å². The van der Waals surface area contributed by atoms with Crippen LogP contribution in [-0.2, 0) is 4.74 Å². The predicted octanol–water partition coefficient (Wildman–Crippen LogP) is 4.77. The maximum absolute atomic E-state index is 6.47. The first-order chi connectivity index (χ1) is 13.4. The third kappa shape index (κ3) is 8.05. The monoisotopic (exact) mass is 383 g/mol. The molecule has 0 aliphatic heterocycles. The van der Waals surface area contributed by atoms with Crippen LogP contribution in [0.5, 0.6) is 0 Å². The van der Waals surface area contributed by atoms with E-state index in [1.807, 2.05) is 43.3 Å². The SMILES string of the molecule is C=CCC1=CCC(CC(/C=C/CC(C=C)OC)/C(N)=C/N(C)/C(N)=C\C)C=C1. The zero-order valence-electron chi connectivity index (χ0n) is 17.7. The second-order valence-corrected chi connectivity index (χ2v) is 7.10. The molecule has 0 saturated heterocycles. The standard InChI is InChI=1S/C24H37N3O/c1-6-10-19-13-15-20(16-14-19)17-21(11-9-12-22(7-2)28-5)23(25)18-27(4)24(26)8-3/h6-9,11,13-15,18,20-22H,1-2,10,12,16-17,25-26H2,3-5H3/b11-9+,23-18-,24-8-. The van der Waals surface area contributed by atoms with Crippen LogP contribution in [0.15, 0.2) is 85.1 Å². The van der Waals surface area contributed by atoms with Crippen LogP contribution in [0, 0.1) is 11.8 Å². The van der Waals surface area contributed by atoms with Crippen LogP contribution in [0.3, 0.4) is 0 Å². The van der Waals surface area contributed by atoms with Crippen molar-refractivity contribution in [3.63, 3.8) is 0 Å². The lowest BCUT2D eigenvalue weighted by molar-refractivity contribution is 0.144. The van der Waals surface area contributed by atoms with Gasteiger partial charge in [0.1, 0.15) is 0 Å². The Labute approximate surface area is 171 Å². The van der Waals surface area contributed by atoms with E-state index in [9.17, 15) is 0 Å². The van der Waals surface area contributed by atoms with Gasteiger partial charge < -0.3 is 21.1 Å². The molecule has 3 unspecified atom stereocenters. The molecule has 1 aliphatic carbocycles. The Hall–Kier alpha value is -2.46. The van der Waals surface area contributed by atoms with Gasteiger partial charge >= 0.3 is 0 Å². The Morgan fingerprint density at radius 1 is 1.39 bits per heavy atom.